The van der Waals surface area contributed by atoms with Crippen LogP contribution < -0.4 is 81.7 Å². The van der Waals surface area contributed by atoms with Gasteiger partial charge < -0.3 is 26.3 Å². The van der Waals surface area contributed by atoms with Crippen LogP contribution in [0.1, 0.15) is 15.9 Å². The normalized spacial score (nSPS) is 13.6. The second-order valence-corrected chi connectivity index (χ2v) is 13.8. The van der Waals surface area contributed by atoms with Crippen LogP contribution in [0.15, 0.2) is 138 Å². The van der Waals surface area contributed by atoms with Crippen molar-refractivity contribution in [1.29, 1.82) is 0 Å². The molecule has 0 heterocycles. The topological polar surface area (TPSA) is 283 Å². The Labute approximate surface area is 353 Å². The quantitative estimate of drug-likeness (QED) is 0.0522. The summed E-state index contributed by atoms with van der Waals surface area (Å²) in [6.07, 6.45) is 0.723. The number of rotatable bonds is 9. The third-order valence-electron chi connectivity index (χ3n) is 7.56. The summed E-state index contributed by atoms with van der Waals surface area (Å²) < 4.78 is 73.3. The molecule has 0 atom stereocenters. The first kappa shape index (κ1) is 42.1. The molecule has 262 valence electrons. The van der Waals surface area contributed by atoms with E-state index in [1.807, 2.05) is 12.1 Å². The molecule has 1 aliphatic carbocycles. The standard InChI is InChI=1S/C34H27N9O7S2.2Na/c35-22-10-15-27(26(36)18-22)41-38-24-11-6-19(7-12-24)20-8-13-25(14-9-20)40-42-32-28(51(45,46)47)16-21-17-29(52(48,49)50)33(34(44)30(21)31(32)37)43-39-23-4-2-1-3-5-23;;/h1-18,39H,35-37H2,(H,45,46,47)(H,48,49,50);;/q;2*+1/p-2/b41-38?,42-40?,43-33+;;. The molecule has 54 heavy (non-hydrogen) atoms. The summed E-state index contributed by atoms with van der Waals surface area (Å²) in [6, 6.07) is 27.4. The zero-order valence-electron chi connectivity index (χ0n) is 28.5. The number of fused-ring (bicyclic) bond motifs is 1. The maximum absolute atomic E-state index is 13.6. The van der Waals surface area contributed by atoms with E-state index in [0.29, 0.717) is 34.5 Å². The van der Waals surface area contributed by atoms with E-state index in [9.17, 15) is 30.7 Å². The average molecular weight is 782 g/mol. The fraction of sp³-hybridized carbons (Fsp3) is 0. The van der Waals surface area contributed by atoms with E-state index in [4.69, 9.17) is 17.2 Å². The molecular formula is C34H25N9Na2O7S2. The van der Waals surface area contributed by atoms with Crippen molar-refractivity contribution in [2.24, 2.45) is 25.6 Å². The third-order valence-corrected chi connectivity index (χ3v) is 9.26. The van der Waals surface area contributed by atoms with Gasteiger partial charge in [-0.2, -0.15) is 15.3 Å². The van der Waals surface area contributed by atoms with E-state index >= 15 is 0 Å². The van der Waals surface area contributed by atoms with Crippen LogP contribution in [0, 0.1) is 0 Å². The number of para-hydroxylation sites is 1. The number of hydrazone groups is 1. The minimum atomic E-state index is -5.32. The number of nitrogens with one attached hydrogen (secondary N) is 1. The maximum Gasteiger partial charge on any atom is 1.00 e. The summed E-state index contributed by atoms with van der Waals surface area (Å²) >= 11 is 0. The van der Waals surface area contributed by atoms with Gasteiger partial charge in [-0.15, -0.1) is 10.2 Å². The summed E-state index contributed by atoms with van der Waals surface area (Å²) in [7, 11) is -10.6. The van der Waals surface area contributed by atoms with Crippen molar-refractivity contribution in [3.63, 3.8) is 0 Å². The SMILES string of the molecule is Nc1ccc(N=Nc2ccc(-c3ccc(N=Nc4c(S(=O)(=O)[O-])cc5c(c4N)C(=O)/C(=N/Nc4ccccc4)C(S(=O)(=O)[O-])=C5)cc3)cc2)c(N)c1.[Na+].[Na+]. The third kappa shape index (κ3) is 9.54. The van der Waals surface area contributed by atoms with Crippen molar-refractivity contribution in [2.75, 3.05) is 22.6 Å². The van der Waals surface area contributed by atoms with Gasteiger partial charge in [0.1, 0.15) is 37.3 Å². The smallest absolute Gasteiger partial charge is 0.744 e. The number of nitrogen functional groups attached to an aromatic ring is 3. The summed E-state index contributed by atoms with van der Waals surface area (Å²) in [5, 5.41) is 20.1. The van der Waals surface area contributed by atoms with Gasteiger partial charge >= 0.3 is 59.1 Å². The number of carbonyl (C=O) groups is 1. The Balaban J connectivity index is 0.00000325. The number of nitrogens with zero attached hydrogens (tertiary/aromatic N) is 5. The molecule has 0 radical (unpaired) electrons. The zero-order valence-corrected chi connectivity index (χ0v) is 34.2. The molecule has 0 saturated heterocycles. The second kappa shape index (κ2) is 17.2. The van der Waals surface area contributed by atoms with Gasteiger partial charge in [0.25, 0.3) is 0 Å². The van der Waals surface area contributed by atoms with Gasteiger partial charge in [0.15, 0.2) is 0 Å². The van der Waals surface area contributed by atoms with E-state index in [2.05, 4.69) is 31.0 Å². The molecule has 0 unspecified atom stereocenters. The maximum atomic E-state index is 13.6. The van der Waals surface area contributed by atoms with Gasteiger partial charge in [-0.05, 0) is 83.4 Å². The van der Waals surface area contributed by atoms with Crippen molar-refractivity contribution in [3.8, 4) is 11.1 Å². The van der Waals surface area contributed by atoms with E-state index in [-0.39, 0.29) is 64.8 Å². The fourth-order valence-corrected chi connectivity index (χ4v) is 6.35. The first-order valence-corrected chi connectivity index (χ1v) is 17.7. The molecular weight excluding hydrogens is 757 g/mol. The molecule has 0 spiro atoms. The average Bonchev–Trinajstić information content (AvgIpc) is 3.10. The van der Waals surface area contributed by atoms with Crippen LogP contribution in [0.25, 0.3) is 17.2 Å². The number of carbonyl (C=O) groups excluding carboxylic acids is 1. The summed E-state index contributed by atoms with van der Waals surface area (Å²) in [6.45, 7) is 0. The van der Waals surface area contributed by atoms with Crippen LogP contribution in [0.2, 0.25) is 0 Å². The van der Waals surface area contributed by atoms with Gasteiger partial charge in [0, 0.05) is 5.69 Å². The van der Waals surface area contributed by atoms with Crippen molar-refractivity contribution in [2.45, 2.75) is 4.90 Å². The molecule has 0 bridgehead atoms. The number of hydrogen-bond acceptors (Lipinski definition) is 16. The van der Waals surface area contributed by atoms with Gasteiger partial charge in [0.2, 0.25) is 5.78 Å². The molecule has 0 saturated carbocycles. The molecule has 0 amide bonds. The van der Waals surface area contributed by atoms with Crippen LogP contribution in [0.3, 0.4) is 0 Å². The molecule has 7 N–H and O–H groups in total. The number of ketones is 1. The van der Waals surface area contributed by atoms with Crippen LogP contribution in [0.4, 0.5) is 45.5 Å². The van der Waals surface area contributed by atoms with Crippen molar-refractivity contribution >= 4 is 83.3 Å². The number of hydrogen-bond donors (Lipinski definition) is 4. The van der Waals surface area contributed by atoms with Gasteiger partial charge in [-0.1, -0.05) is 42.5 Å². The first-order chi connectivity index (χ1) is 24.7. The Morgan fingerprint density at radius 2 is 1.22 bits per heavy atom. The molecule has 0 aliphatic heterocycles. The van der Waals surface area contributed by atoms with Crippen LogP contribution in [0.5, 0.6) is 0 Å². The second-order valence-electron chi connectivity index (χ2n) is 11.1. The summed E-state index contributed by atoms with van der Waals surface area (Å²) in [5.41, 5.74) is 21.6. The number of Topliss-reactive ketones (excluding diaryl/α,β-unsaturated/α-hetero) is 1. The molecule has 0 fully saturated rings. The Kier molecular flexibility index (Phi) is 13.5. The number of anilines is 4. The minimum absolute atomic E-state index is 0. The molecule has 6 rings (SSSR count). The van der Waals surface area contributed by atoms with Crippen molar-refractivity contribution in [3.05, 3.63) is 119 Å². The summed E-state index contributed by atoms with van der Waals surface area (Å²) in [4.78, 5) is 11.6. The monoisotopic (exact) mass is 781 g/mol. The van der Waals surface area contributed by atoms with E-state index in [0.717, 1.165) is 17.2 Å². The van der Waals surface area contributed by atoms with Gasteiger partial charge in [0.05, 0.1) is 43.8 Å². The molecule has 5 aromatic rings. The molecule has 20 heteroatoms. The van der Waals surface area contributed by atoms with Gasteiger partial charge in [-0.3, -0.25) is 10.2 Å². The molecule has 16 nitrogen and oxygen atoms in total. The minimum Gasteiger partial charge on any atom is -0.744 e. The van der Waals surface area contributed by atoms with E-state index in [1.54, 1.807) is 84.9 Å². The Hall–Kier alpha value is -4.60. The number of benzene rings is 5. The van der Waals surface area contributed by atoms with Gasteiger partial charge in [-0.25, -0.2) is 16.8 Å². The van der Waals surface area contributed by atoms with Crippen LogP contribution in [-0.4, -0.2) is 37.4 Å². The number of azo groups is 2. The molecule has 5 aromatic carbocycles. The largest absolute Gasteiger partial charge is 1.00 e. The van der Waals surface area contributed by atoms with E-state index in [1.165, 1.54) is 0 Å². The van der Waals surface area contributed by atoms with E-state index < -0.39 is 64.0 Å². The Bertz CT molecular complexity index is 2590. The molecule has 1 aliphatic rings. The van der Waals surface area contributed by atoms with Crippen molar-refractivity contribution in [1.82, 2.24) is 0 Å². The number of nitrogens with two attached hydrogens (primary N) is 3. The molecule has 0 aromatic heterocycles. The van der Waals surface area contributed by atoms with Crippen LogP contribution >= 0.6 is 0 Å². The van der Waals surface area contributed by atoms with Crippen LogP contribution in [-0.2, 0) is 20.2 Å². The predicted octanol–water partition coefficient (Wildman–Crippen LogP) is 0.394. The fourth-order valence-electron chi connectivity index (χ4n) is 5.04. The number of allylic oxidation sites excluding steroid dienone is 1. The zero-order chi connectivity index (χ0) is 37.2. The van der Waals surface area contributed by atoms with Crippen molar-refractivity contribution < 1.29 is 89.9 Å². The Morgan fingerprint density at radius 3 is 1.76 bits per heavy atom. The first-order valence-electron chi connectivity index (χ1n) is 14.9. The summed E-state index contributed by atoms with van der Waals surface area (Å²) in [5.74, 6) is -1.13. The predicted molar refractivity (Wildman–Crippen MR) is 194 cm³/mol. The Morgan fingerprint density at radius 1 is 0.648 bits per heavy atom.